The third kappa shape index (κ3) is 2.37. The zero-order valence-corrected chi connectivity index (χ0v) is 9.73. The SMILES string of the molecule is FC1(F)CCCNC1c1cccc(Br)c1. The van der Waals surface area contributed by atoms with Crippen LogP contribution < -0.4 is 5.32 Å². The zero-order chi connectivity index (χ0) is 10.9. The Morgan fingerprint density at radius 1 is 1.40 bits per heavy atom. The maximum Gasteiger partial charge on any atom is 0.267 e. The summed E-state index contributed by atoms with van der Waals surface area (Å²) in [6.45, 7) is 0.659. The highest BCUT2D eigenvalue weighted by molar-refractivity contribution is 9.10. The third-order valence-corrected chi connectivity index (χ3v) is 3.13. The van der Waals surface area contributed by atoms with Crippen molar-refractivity contribution in [1.82, 2.24) is 5.32 Å². The highest BCUT2D eigenvalue weighted by Crippen LogP contribution is 2.38. The first-order chi connectivity index (χ1) is 7.09. The maximum atomic E-state index is 13.6. The van der Waals surface area contributed by atoms with E-state index < -0.39 is 12.0 Å². The van der Waals surface area contributed by atoms with Gasteiger partial charge in [0.15, 0.2) is 0 Å². The van der Waals surface area contributed by atoms with Crippen LogP contribution in [-0.2, 0) is 0 Å². The van der Waals surface area contributed by atoms with E-state index in [9.17, 15) is 8.78 Å². The van der Waals surface area contributed by atoms with Crippen molar-refractivity contribution in [2.24, 2.45) is 0 Å². The molecule has 2 rings (SSSR count). The fourth-order valence-corrected chi connectivity index (χ4v) is 2.33. The second-order valence-electron chi connectivity index (χ2n) is 3.81. The van der Waals surface area contributed by atoms with Crippen molar-refractivity contribution in [3.63, 3.8) is 0 Å². The number of nitrogens with one attached hydrogen (secondary N) is 1. The smallest absolute Gasteiger partial charge is 0.267 e. The molecule has 1 aliphatic heterocycles. The molecule has 0 aromatic heterocycles. The largest absolute Gasteiger partial charge is 0.305 e. The molecule has 1 heterocycles. The lowest BCUT2D eigenvalue weighted by atomic mass is 9.94. The molecule has 1 unspecified atom stereocenters. The van der Waals surface area contributed by atoms with Gasteiger partial charge < -0.3 is 5.32 Å². The first-order valence-electron chi connectivity index (χ1n) is 4.96. The predicted octanol–water partition coefficient (Wildman–Crippen LogP) is 3.51. The molecule has 1 saturated heterocycles. The van der Waals surface area contributed by atoms with E-state index in [0.717, 1.165) is 4.47 Å². The van der Waals surface area contributed by atoms with Crippen LogP contribution in [0.25, 0.3) is 0 Å². The molecule has 4 heteroatoms. The lowest BCUT2D eigenvalue weighted by Gasteiger charge is -2.32. The average molecular weight is 276 g/mol. The van der Waals surface area contributed by atoms with Gasteiger partial charge >= 0.3 is 0 Å². The molecule has 0 saturated carbocycles. The third-order valence-electron chi connectivity index (χ3n) is 2.64. The van der Waals surface area contributed by atoms with Gasteiger partial charge in [-0.3, -0.25) is 0 Å². The molecule has 0 aliphatic carbocycles. The van der Waals surface area contributed by atoms with Gasteiger partial charge in [0.05, 0.1) is 6.04 Å². The van der Waals surface area contributed by atoms with Gasteiger partial charge in [0.1, 0.15) is 0 Å². The van der Waals surface area contributed by atoms with Gasteiger partial charge in [0, 0.05) is 10.9 Å². The summed E-state index contributed by atoms with van der Waals surface area (Å²) >= 11 is 3.29. The molecule has 0 spiro atoms. The Labute approximate surface area is 96.0 Å². The molecule has 82 valence electrons. The molecule has 1 aromatic rings. The molecule has 1 fully saturated rings. The Morgan fingerprint density at radius 3 is 2.87 bits per heavy atom. The minimum Gasteiger partial charge on any atom is -0.305 e. The van der Waals surface area contributed by atoms with E-state index in [1.54, 1.807) is 18.2 Å². The van der Waals surface area contributed by atoms with Crippen LogP contribution in [0.5, 0.6) is 0 Å². The predicted molar refractivity (Wildman–Crippen MR) is 59.1 cm³/mol. The summed E-state index contributed by atoms with van der Waals surface area (Å²) in [5.74, 6) is -2.64. The molecule has 1 nitrogen and oxygen atoms in total. The molecule has 1 N–H and O–H groups in total. The summed E-state index contributed by atoms with van der Waals surface area (Å²) in [4.78, 5) is 0. The number of alkyl halides is 2. The number of halogens is 3. The Kier molecular flexibility index (Phi) is 3.07. The Morgan fingerprint density at radius 2 is 2.20 bits per heavy atom. The number of benzene rings is 1. The second kappa shape index (κ2) is 4.18. The fraction of sp³-hybridized carbons (Fsp3) is 0.455. The van der Waals surface area contributed by atoms with Crippen molar-refractivity contribution >= 4 is 15.9 Å². The van der Waals surface area contributed by atoms with Crippen molar-refractivity contribution in [1.29, 1.82) is 0 Å². The Balaban J connectivity index is 2.29. The van der Waals surface area contributed by atoms with E-state index in [-0.39, 0.29) is 6.42 Å². The van der Waals surface area contributed by atoms with Crippen molar-refractivity contribution < 1.29 is 8.78 Å². The number of hydrogen-bond acceptors (Lipinski definition) is 1. The van der Waals surface area contributed by atoms with Crippen LogP contribution in [-0.4, -0.2) is 12.5 Å². The molecule has 0 bridgehead atoms. The topological polar surface area (TPSA) is 12.0 Å². The molecule has 0 radical (unpaired) electrons. The van der Waals surface area contributed by atoms with Gasteiger partial charge in [-0.1, -0.05) is 28.1 Å². The van der Waals surface area contributed by atoms with Crippen LogP contribution in [0.1, 0.15) is 24.4 Å². The molecule has 0 amide bonds. The maximum absolute atomic E-state index is 13.6. The zero-order valence-electron chi connectivity index (χ0n) is 8.14. The van der Waals surface area contributed by atoms with Crippen molar-refractivity contribution in [3.05, 3.63) is 34.3 Å². The van der Waals surface area contributed by atoms with Gasteiger partial charge in [-0.05, 0) is 30.7 Å². The van der Waals surface area contributed by atoms with Crippen molar-refractivity contribution in [2.45, 2.75) is 24.8 Å². The number of hydrogen-bond donors (Lipinski definition) is 1. The first-order valence-corrected chi connectivity index (χ1v) is 5.75. The molecular weight excluding hydrogens is 264 g/mol. The van der Waals surface area contributed by atoms with E-state index in [4.69, 9.17) is 0 Å². The van der Waals surface area contributed by atoms with Gasteiger partial charge in [-0.25, -0.2) is 8.78 Å². The lowest BCUT2D eigenvalue weighted by molar-refractivity contribution is -0.0620. The second-order valence-corrected chi connectivity index (χ2v) is 4.72. The van der Waals surface area contributed by atoms with E-state index in [1.165, 1.54) is 0 Å². The molecule has 1 aromatic carbocycles. The van der Waals surface area contributed by atoms with E-state index in [1.807, 2.05) is 6.07 Å². The summed E-state index contributed by atoms with van der Waals surface area (Å²) in [5.41, 5.74) is 0.647. The van der Waals surface area contributed by atoms with E-state index in [2.05, 4.69) is 21.2 Å². The van der Waals surface area contributed by atoms with Crippen LogP contribution in [0, 0.1) is 0 Å². The molecular formula is C11H12BrF2N. The molecule has 1 atom stereocenters. The summed E-state index contributed by atoms with van der Waals surface area (Å²) in [6.07, 6.45) is 0.509. The summed E-state index contributed by atoms with van der Waals surface area (Å²) < 4.78 is 28.1. The monoisotopic (exact) mass is 275 g/mol. The summed E-state index contributed by atoms with van der Waals surface area (Å²) in [6, 6.07) is 6.26. The van der Waals surface area contributed by atoms with Gasteiger partial charge in [-0.2, -0.15) is 0 Å². The van der Waals surface area contributed by atoms with Gasteiger partial charge in [0.25, 0.3) is 5.92 Å². The van der Waals surface area contributed by atoms with Crippen LogP contribution in [0.15, 0.2) is 28.7 Å². The standard InChI is InChI=1S/C11H12BrF2N/c12-9-4-1-3-8(7-9)10-11(13,14)5-2-6-15-10/h1,3-4,7,10,15H,2,5-6H2. The minimum absolute atomic E-state index is 0.0306. The van der Waals surface area contributed by atoms with Crippen molar-refractivity contribution in [2.75, 3.05) is 6.54 Å². The fourth-order valence-electron chi connectivity index (χ4n) is 1.91. The Hall–Kier alpha value is -0.480. The van der Waals surface area contributed by atoms with E-state index >= 15 is 0 Å². The highest BCUT2D eigenvalue weighted by Gasteiger charge is 2.42. The van der Waals surface area contributed by atoms with Crippen LogP contribution in [0.3, 0.4) is 0 Å². The highest BCUT2D eigenvalue weighted by atomic mass is 79.9. The lowest BCUT2D eigenvalue weighted by Crippen LogP contribution is -2.42. The number of piperidine rings is 1. The van der Waals surface area contributed by atoms with Crippen LogP contribution >= 0.6 is 15.9 Å². The van der Waals surface area contributed by atoms with Crippen molar-refractivity contribution in [3.8, 4) is 0 Å². The average Bonchev–Trinajstić information content (AvgIpc) is 2.17. The quantitative estimate of drug-likeness (QED) is 0.827. The summed E-state index contributed by atoms with van der Waals surface area (Å²) in [5, 5.41) is 2.88. The first kappa shape index (κ1) is 11.0. The molecule has 15 heavy (non-hydrogen) atoms. The molecule has 1 aliphatic rings. The van der Waals surface area contributed by atoms with Crippen LogP contribution in [0.2, 0.25) is 0 Å². The minimum atomic E-state index is -2.64. The van der Waals surface area contributed by atoms with Gasteiger partial charge in [-0.15, -0.1) is 0 Å². The Bertz CT molecular complexity index is 354. The van der Waals surface area contributed by atoms with Crippen LogP contribution in [0.4, 0.5) is 8.78 Å². The normalized spacial score (nSPS) is 25.1. The summed E-state index contributed by atoms with van der Waals surface area (Å²) in [7, 11) is 0. The number of rotatable bonds is 1. The van der Waals surface area contributed by atoms with E-state index in [0.29, 0.717) is 18.5 Å². The van der Waals surface area contributed by atoms with Gasteiger partial charge in [0.2, 0.25) is 0 Å².